The van der Waals surface area contributed by atoms with Gasteiger partial charge in [-0.15, -0.1) is 0 Å². The van der Waals surface area contributed by atoms with Crippen LogP contribution in [0.3, 0.4) is 0 Å². The topological polar surface area (TPSA) is 18.5 Å². The lowest BCUT2D eigenvalue weighted by molar-refractivity contribution is -0.0942. The van der Waals surface area contributed by atoms with Crippen molar-refractivity contribution in [1.29, 1.82) is 0 Å². The summed E-state index contributed by atoms with van der Waals surface area (Å²) < 4.78 is 11.8. The Morgan fingerprint density at radius 2 is 1.00 bits per heavy atom. The Morgan fingerprint density at radius 1 is 0.593 bits per heavy atom. The molecule has 154 valence electrons. The van der Waals surface area contributed by atoms with Gasteiger partial charge in [0.25, 0.3) is 0 Å². The predicted octanol–water partition coefficient (Wildman–Crippen LogP) is 7.70. The lowest BCUT2D eigenvalue weighted by Gasteiger charge is -2.14. The third-order valence-corrected chi connectivity index (χ3v) is 4.04. The van der Waals surface area contributed by atoms with Gasteiger partial charge in [-0.1, -0.05) is 52.2 Å². The normalized spacial score (nSPS) is 13.2. The number of ether oxygens (including phenoxy) is 2. The molecule has 0 aliphatic heterocycles. The zero-order valence-electron chi connectivity index (χ0n) is 19.0. The first-order valence-corrected chi connectivity index (χ1v) is 10.2. The number of hydrogen-bond acceptors (Lipinski definition) is 2. The predicted molar refractivity (Wildman–Crippen MR) is 120 cm³/mol. The molecule has 0 fully saturated rings. The van der Waals surface area contributed by atoms with E-state index in [1.165, 1.54) is 27.9 Å². The first-order chi connectivity index (χ1) is 12.7. The Bertz CT molecular complexity index is 505. The van der Waals surface area contributed by atoms with Crippen molar-refractivity contribution in [3.63, 3.8) is 0 Å². The van der Waals surface area contributed by atoms with Crippen LogP contribution in [-0.4, -0.2) is 19.5 Å². The second-order valence-corrected chi connectivity index (χ2v) is 8.02. The molecule has 0 aliphatic carbocycles. The first-order valence-electron chi connectivity index (χ1n) is 10.2. The Kier molecular flexibility index (Phi) is 14.9. The average molecular weight is 375 g/mol. The molecule has 0 aromatic carbocycles. The molecule has 0 saturated heterocycles. The third-order valence-electron chi connectivity index (χ3n) is 4.04. The van der Waals surface area contributed by atoms with E-state index < -0.39 is 0 Å². The van der Waals surface area contributed by atoms with Crippen LogP contribution in [0.15, 0.2) is 58.2 Å². The van der Waals surface area contributed by atoms with Crippen molar-refractivity contribution in [3.05, 3.63) is 58.2 Å². The highest BCUT2D eigenvalue weighted by Gasteiger charge is 2.04. The largest absolute Gasteiger partial charge is 0.345 e. The minimum atomic E-state index is -0.293. The second-order valence-electron chi connectivity index (χ2n) is 8.02. The van der Waals surface area contributed by atoms with E-state index in [9.17, 15) is 0 Å². The molecule has 0 aromatic rings. The molecule has 0 atom stereocenters. The highest BCUT2D eigenvalue weighted by molar-refractivity contribution is 5.04. The molecule has 0 N–H and O–H groups in total. The molecule has 2 heteroatoms. The quantitative estimate of drug-likeness (QED) is 0.243. The Hall–Kier alpha value is -1.38. The summed E-state index contributed by atoms with van der Waals surface area (Å²) in [4.78, 5) is 0. The highest BCUT2D eigenvalue weighted by Crippen LogP contribution is 2.10. The molecule has 0 amide bonds. The molecule has 27 heavy (non-hydrogen) atoms. The molecule has 0 aromatic heterocycles. The number of rotatable bonds is 13. The Labute approximate surface area is 168 Å². The van der Waals surface area contributed by atoms with Crippen molar-refractivity contribution in [1.82, 2.24) is 0 Å². The van der Waals surface area contributed by atoms with Crippen LogP contribution in [0.5, 0.6) is 0 Å². The van der Waals surface area contributed by atoms with Crippen LogP contribution in [0, 0.1) is 0 Å². The lowest BCUT2D eigenvalue weighted by atomic mass is 10.1. The minimum absolute atomic E-state index is 0.293. The molecule has 0 rings (SSSR count). The summed E-state index contributed by atoms with van der Waals surface area (Å²) in [6.07, 6.45) is 15.0. The maximum atomic E-state index is 5.92. The van der Waals surface area contributed by atoms with Gasteiger partial charge in [0.05, 0.1) is 13.2 Å². The van der Waals surface area contributed by atoms with E-state index >= 15 is 0 Å². The van der Waals surface area contributed by atoms with Crippen molar-refractivity contribution < 1.29 is 9.47 Å². The molecule has 0 saturated carbocycles. The molecule has 0 aliphatic rings. The van der Waals surface area contributed by atoms with Crippen LogP contribution >= 0.6 is 0 Å². The molecule has 0 unspecified atom stereocenters. The minimum Gasteiger partial charge on any atom is -0.345 e. The van der Waals surface area contributed by atoms with Crippen molar-refractivity contribution in [2.75, 3.05) is 13.2 Å². The van der Waals surface area contributed by atoms with Gasteiger partial charge >= 0.3 is 0 Å². The maximum Gasteiger partial charge on any atom is 0.177 e. The smallest absolute Gasteiger partial charge is 0.177 e. The molecular formula is C25H42O2. The van der Waals surface area contributed by atoms with E-state index in [1.54, 1.807) is 0 Å². The SMILES string of the molecule is CC(C)=CCC/C(C)=C/COC(C=C(C)C)OC/C=C(\C)CCC=C(C)C. The van der Waals surface area contributed by atoms with Gasteiger partial charge < -0.3 is 9.47 Å². The van der Waals surface area contributed by atoms with Crippen LogP contribution in [0.25, 0.3) is 0 Å². The summed E-state index contributed by atoms with van der Waals surface area (Å²) in [6.45, 7) is 18.2. The van der Waals surface area contributed by atoms with Gasteiger partial charge in [0, 0.05) is 0 Å². The van der Waals surface area contributed by atoms with Gasteiger partial charge in [0.15, 0.2) is 6.29 Å². The van der Waals surface area contributed by atoms with Gasteiger partial charge in [0.2, 0.25) is 0 Å². The van der Waals surface area contributed by atoms with Crippen LogP contribution in [0.4, 0.5) is 0 Å². The van der Waals surface area contributed by atoms with Gasteiger partial charge in [-0.3, -0.25) is 0 Å². The van der Waals surface area contributed by atoms with E-state index in [-0.39, 0.29) is 6.29 Å². The van der Waals surface area contributed by atoms with Crippen molar-refractivity contribution in [2.45, 2.75) is 87.4 Å². The molecule has 0 radical (unpaired) electrons. The Morgan fingerprint density at radius 3 is 1.33 bits per heavy atom. The second kappa shape index (κ2) is 15.7. The lowest BCUT2D eigenvalue weighted by Crippen LogP contribution is -2.15. The van der Waals surface area contributed by atoms with Gasteiger partial charge in [-0.2, -0.15) is 0 Å². The van der Waals surface area contributed by atoms with Gasteiger partial charge in [-0.25, -0.2) is 0 Å². The monoisotopic (exact) mass is 374 g/mol. The summed E-state index contributed by atoms with van der Waals surface area (Å²) in [5.74, 6) is 0. The first kappa shape index (κ1) is 25.6. The fourth-order valence-electron chi connectivity index (χ4n) is 2.37. The van der Waals surface area contributed by atoms with E-state index in [4.69, 9.17) is 9.47 Å². The zero-order valence-corrected chi connectivity index (χ0v) is 19.0. The molecule has 0 spiro atoms. The van der Waals surface area contributed by atoms with E-state index in [2.05, 4.69) is 79.7 Å². The summed E-state index contributed by atoms with van der Waals surface area (Å²) in [5.41, 5.74) is 6.67. The summed E-state index contributed by atoms with van der Waals surface area (Å²) in [6, 6.07) is 0. The fraction of sp³-hybridized carbons (Fsp3) is 0.600. The van der Waals surface area contributed by atoms with E-state index in [1.807, 2.05) is 6.08 Å². The Balaban J connectivity index is 4.41. The van der Waals surface area contributed by atoms with Crippen LogP contribution < -0.4 is 0 Å². The van der Waals surface area contributed by atoms with Gasteiger partial charge in [0.1, 0.15) is 0 Å². The fourth-order valence-corrected chi connectivity index (χ4v) is 2.37. The van der Waals surface area contributed by atoms with Crippen molar-refractivity contribution >= 4 is 0 Å². The third kappa shape index (κ3) is 17.8. The zero-order chi connectivity index (χ0) is 20.7. The summed E-state index contributed by atoms with van der Waals surface area (Å²) in [5, 5.41) is 0. The summed E-state index contributed by atoms with van der Waals surface area (Å²) in [7, 11) is 0. The average Bonchev–Trinajstić information content (AvgIpc) is 2.53. The molecule has 0 heterocycles. The maximum absolute atomic E-state index is 5.92. The van der Waals surface area contributed by atoms with Crippen LogP contribution in [-0.2, 0) is 9.47 Å². The van der Waals surface area contributed by atoms with Crippen molar-refractivity contribution in [2.24, 2.45) is 0 Å². The van der Waals surface area contributed by atoms with E-state index in [0.717, 1.165) is 25.7 Å². The molecule has 0 bridgehead atoms. The number of allylic oxidation sites excluding steroid dienone is 7. The van der Waals surface area contributed by atoms with Crippen LogP contribution in [0.1, 0.15) is 81.1 Å². The highest BCUT2D eigenvalue weighted by atomic mass is 16.7. The number of hydrogen-bond donors (Lipinski definition) is 0. The molecular weight excluding hydrogens is 332 g/mol. The standard InChI is InChI=1S/C25H42O2/c1-20(2)11-9-13-23(7)15-17-26-25(19-22(5)6)27-18-16-24(8)14-10-12-21(3)4/h11-12,15-16,19,25H,9-10,13-14,17-18H2,1-8H3/b23-15+,24-16+. The molecule has 2 nitrogen and oxygen atoms in total. The van der Waals surface area contributed by atoms with Crippen molar-refractivity contribution in [3.8, 4) is 0 Å². The summed E-state index contributed by atoms with van der Waals surface area (Å²) >= 11 is 0. The van der Waals surface area contributed by atoms with Crippen LogP contribution in [0.2, 0.25) is 0 Å². The van der Waals surface area contributed by atoms with E-state index in [0.29, 0.717) is 13.2 Å². The van der Waals surface area contributed by atoms with Gasteiger partial charge in [-0.05, 0) is 87.1 Å².